The first-order valence-electron chi connectivity index (χ1n) is 6.82. The summed E-state index contributed by atoms with van der Waals surface area (Å²) >= 11 is 0. The lowest BCUT2D eigenvalue weighted by Crippen LogP contribution is -2.26. The Labute approximate surface area is 120 Å². The van der Waals surface area contributed by atoms with Gasteiger partial charge in [-0.15, -0.1) is 0 Å². The third-order valence-electron chi connectivity index (χ3n) is 3.13. The Morgan fingerprint density at radius 1 is 1.20 bits per heavy atom. The number of rotatable bonds is 7. The molecule has 2 rings (SSSR count). The largest absolute Gasteiger partial charge is 0.497 e. The number of aromatic nitrogens is 1. The molecule has 0 amide bonds. The van der Waals surface area contributed by atoms with Crippen molar-refractivity contribution in [2.75, 3.05) is 25.1 Å². The van der Waals surface area contributed by atoms with Gasteiger partial charge in [0, 0.05) is 24.5 Å². The van der Waals surface area contributed by atoms with Gasteiger partial charge in [-0.3, -0.25) is 4.98 Å². The number of hydrogen-bond donors (Lipinski definition) is 1. The number of methoxy groups -OCH3 is 1. The normalized spacial score (nSPS) is 10.3. The van der Waals surface area contributed by atoms with Crippen molar-refractivity contribution >= 4 is 5.69 Å². The van der Waals surface area contributed by atoms with Gasteiger partial charge < -0.3 is 15.4 Å². The molecular weight excluding hydrogens is 250 g/mol. The Kier molecular flexibility index (Phi) is 5.38. The zero-order chi connectivity index (χ0) is 14.2. The topological polar surface area (TPSA) is 51.4 Å². The third kappa shape index (κ3) is 3.96. The van der Waals surface area contributed by atoms with Crippen molar-refractivity contribution in [2.24, 2.45) is 5.73 Å². The van der Waals surface area contributed by atoms with E-state index in [4.69, 9.17) is 10.5 Å². The molecule has 0 unspecified atom stereocenters. The van der Waals surface area contributed by atoms with E-state index in [1.54, 1.807) is 7.11 Å². The molecule has 20 heavy (non-hydrogen) atoms. The summed E-state index contributed by atoms with van der Waals surface area (Å²) in [4.78, 5) is 6.67. The molecule has 0 aliphatic carbocycles. The van der Waals surface area contributed by atoms with Gasteiger partial charge in [-0.1, -0.05) is 12.1 Å². The lowest BCUT2D eigenvalue weighted by atomic mass is 10.2. The van der Waals surface area contributed by atoms with Gasteiger partial charge in [-0.2, -0.15) is 0 Å². The lowest BCUT2D eigenvalue weighted by Gasteiger charge is -2.24. The van der Waals surface area contributed by atoms with E-state index in [2.05, 4.69) is 16.0 Å². The van der Waals surface area contributed by atoms with Crippen molar-refractivity contribution in [1.82, 2.24) is 4.98 Å². The Balaban J connectivity index is 2.17. The fourth-order valence-corrected chi connectivity index (χ4v) is 2.08. The molecule has 4 nitrogen and oxygen atoms in total. The second-order valence-electron chi connectivity index (χ2n) is 4.59. The third-order valence-corrected chi connectivity index (χ3v) is 3.13. The van der Waals surface area contributed by atoms with Crippen LogP contribution in [0.5, 0.6) is 5.75 Å². The molecule has 0 saturated carbocycles. The van der Waals surface area contributed by atoms with E-state index in [0.29, 0.717) is 6.54 Å². The quantitative estimate of drug-likeness (QED) is 0.840. The molecule has 4 heteroatoms. The van der Waals surface area contributed by atoms with Gasteiger partial charge in [0.1, 0.15) is 5.75 Å². The molecule has 0 radical (unpaired) electrons. The minimum absolute atomic E-state index is 0.683. The lowest BCUT2D eigenvalue weighted by molar-refractivity contribution is 0.414. The molecular formula is C16H21N3O. The summed E-state index contributed by atoms with van der Waals surface area (Å²) in [6.45, 7) is 2.36. The van der Waals surface area contributed by atoms with Crippen LogP contribution >= 0.6 is 0 Å². The van der Waals surface area contributed by atoms with Crippen LogP contribution in [-0.4, -0.2) is 25.2 Å². The van der Waals surface area contributed by atoms with Crippen molar-refractivity contribution < 1.29 is 4.74 Å². The van der Waals surface area contributed by atoms with Crippen LogP contribution in [0.25, 0.3) is 0 Å². The number of pyridine rings is 1. The molecule has 0 saturated heterocycles. The van der Waals surface area contributed by atoms with Crippen LogP contribution in [0.2, 0.25) is 0 Å². The summed E-state index contributed by atoms with van der Waals surface area (Å²) in [5.41, 5.74) is 7.81. The van der Waals surface area contributed by atoms with Gasteiger partial charge >= 0.3 is 0 Å². The van der Waals surface area contributed by atoms with E-state index < -0.39 is 0 Å². The minimum Gasteiger partial charge on any atom is -0.497 e. The molecule has 0 aliphatic rings. The molecule has 0 spiro atoms. The Morgan fingerprint density at radius 3 is 2.80 bits per heavy atom. The number of anilines is 1. The van der Waals surface area contributed by atoms with Crippen LogP contribution in [0.15, 0.2) is 48.7 Å². The molecule has 0 fully saturated rings. The van der Waals surface area contributed by atoms with E-state index in [1.807, 2.05) is 42.6 Å². The highest BCUT2D eigenvalue weighted by Crippen LogP contribution is 2.22. The molecule has 2 aromatic rings. The summed E-state index contributed by atoms with van der Waals surface area (Å²) in [5.74, 6) is 0.862. The van der Waals surface area contributed by atoms with Crippen molar-refractivity contribution in [3.8, 4) is 5.75 Å². The molecule has 0 bridgehead atoms. The number of nitrogens with two attached hydrogens (primary N) is 1. The second kappa shape index (κ2) is 7.50. The molecule has 1 aromatic carbocycles. The highest BCUT2D eigenvalue weighted by atomic mass is 16.5. The highest BCUT2D eigenvalue weighted by Gasteiger charge is 2.08. The van der Waals surface area contributed by atoms with E-state index in [1.165, 1.54) is 0 Å². The van der Waals surface area contributed by atoms with Gasteiger partial charge in [0.2, 0.25) is 0 Å². The predicted octanol–water partition coefficient (Wildman–Crippen LogP) is 2.45. The van der Waals surface area contributed by atoms with E-state index in [-0.39, 0.29) is 0 Å². The van der Waals surface area contributed by atoms with Crippen molar-refractivity contribution in [1.29, 1.82) is 0 Å². The Morgan fingerprint density at radius 2 is 2.10 bits per heavy atom. The van der Waals surface area contributed by atoms with Gasteiger partial charge in [0.05, 0.1) is 19.3 Å². The summed E-state index contributed by atoms with van der Waals surface area (Å²) in [7, 11) is 1.68. The minimum atomic E-state index is 0.683. The number of ether oxygens (including phenoxy) is 1. The van der Waals surface area contributed by atoms with Crippen molar-refractivity contribution in [3.63, 3.8) is 0 Å². The van der Waals surface area contributed by atoms with Crippen LogP contribution in [0.3, 0.4) is 0 Å². The zero-order valence-corrected chi connectivity index (χ0v) is 11.8. The zero-order valence-electron chi connectivity index (χ0n) is 11.8. The molecule has 0 aliphatic heterocycles. The predicted molar refractivity (Wildman–Crippen MR) is 82.0 cm³/mol. The average molecular weight is 271 g/mol. The molecule has 0 atom stereocenters. The van der Waals surface area contributed by atoms with Gasteiger partial charge in [0.25, 0.3) is 0 Å². The average Bonchev–Trinajstić information content (AvgIpc) is 2.52. The maximum absolute atomic E-state index is 5.64. The van der Waals surface area contributed by atoms with E-state index >= 15 is 0 Å². The van der Waals surface area contributed by atoms with Crippen LogP contribution in [0.1, 0.15) is 12.1 Å². The van der Waals surface area contributed by atoms with Crippen molar-refractivity contribution in [3.05, 3.63) is 54.4 Å². The number of benzene rings is 1. The number of hydrogen-bond acceptors (Lipinski definition) is 4. The van der Waals surface area contributed by atoms with Crippen LogP contribution in [0.4, 0.5) is 5.69 Å². The number of nitrogens with zero attached hydrogens (tertiary/aromatic N) is 2. The van der Waals surface area contributed by atoms with Crippen LogP contribution in [-0.2, 0) is 6.54 Å². The Hall–Kier alpha value is -2.07. The smallest absolute Gasteiger partial charge is 0.120 e. The first-order chi connectivity index (χ1) is 9.83. The summed E-state index contributed by atoms with van der Waals surface area (Å²) in [5, 5.41) is 0. The monoisotopic (exact) mass is 271 g/mol. The van der Waals surface area contributed by atoms with Crippen molar-refractivity contribution in [2.45, 2.75) is 13.0 Å². The molecule has 2 N–H and O–H groups in total. The van der Waals surface area contributed by atoms with Crippen LogP contribution in [0, 0.1) is 0 Å². The molecule has 1 heterocycles. The maximum Gasteiger partial charge on any atom is 0.120 e. The summed E-state index contributed by atoms with van der Waals surface area (Å²) in [6, 6.07) is 14.1. The van der Waals surface area contributed by atoms with E-state index in [9.17, 15) is 0 Å². The fourth-order valence-electron chi connectivity index (χ4n) is 2.08. The SMILES string of the molecule is COc1cccc(N(CCCN)Cc2ccccn2)c1. The summed E-state index contributed by atoms with van der Waals surface area (Å²) in [6.07, 6.45) is 2.77. The summed E-state index contributed by atoms with van der Waals surface area (Å²) < 4.78 is 5.29. The Bertz CT molecular complexity index is 516. The highest BCUT2D eigenvalue weighted by molar-refractivity contribution is 5.50. The van der Waals surface area contributed by atoms with Gasteiger partial charge in [-0.05, 0) is 37.2 Å². The standard InChI is InChI=1S/C16H21N3O/c1-20-16-8-4-7-15(12-16)19(11-5-9-17)13-14-6-2-3-10-18-14/h2-4,6-8,10,12H,5,9,11,13,17H2,1H3. The molecule has 1 aromatic heterocycles. The maximum atomic E-state index is 5.64. The van der Waals surface area contributed by atoms with E-state index in [0.717, 1.165) is 36.6 Å². The van der Waals surface area contributed by atoms with Gasteiger partial charge in [0.15, 0.2) is 0 Å². The second-order valence-corrected chi connectivity index (χ2v) is 4.59. The molecule has 106 valence electrons. The fraction of sp³-hybridized carbons (Fsp3) is 0.312. The first-order valence-corrected chi connectivity index (χ1v) is 6.82. The van der Waals surface area contributed by atoms with Crippen LogP contribution < -0.4 is 15.4 Å². The first kappa shape index (κ1) is 14.3. The van der Waals surface area contributed by atoms with Gasteiger partial charge in [-0.25, -0.2) is 0 Å².